The molecule has 26 nitrogen and oxygen atoms in total. The number of hydrogen-bond acceptors (Lipinski definition) is 16. The normalized spacial score (nSPS) is 16.2. The Balaban J connectivity index is 1.50. The largest absolute Gasteiger partial charge is 0.481 e. The molecule has 1 aliphatic carbocycles. The Morgan fingerprint density at radius 3 is 1.85 bits per heavy atom. The van der Waals surface area contributed by atoms with Crippen LogP contribution >= 0.6 is 0 Å². The standard InChI is InChI=1S/C47H77N9O17/c1-30-7-9-31(10-8-30)42(63)54-36(45(67)68)11-13-38(58)51-16-18-70-20-23-73-28-40(60)52-17-19-71-21-22-72-27-39(59)50-15-5-4-6-32(44(65)66)24-37(57)35(12-14-41(61)62)55-46(69)47(2,3)56-43(64)34(48)25-33-26-49-29-53-33/h26,29-32,34-36H,4-25,27-28,48H2,1-3H3,(H,49,53)(H,50,59)(H,51,58)(H,52,60)(H,54,63)(H,55,69)(H,56,64)(H,61,62)(H,65,66)(H,67,68)/t30?,31?,32-,34+,35+,36+/m1/s1. The number of carboxylic acids is 3. The van der Waals surface area contributed by atoms with Crippen molar-refractivity contribution in [1.82, 2.24) is 41.9 Å². The molecule has 0 radical (unpaired) electrons. The third-order valence-corrected chi connectivity index (χ3v) is 11.8. The number of carbonyl (C=O) groups is 10. The molecule has 0 aromatic carbocycles. The molecule has 0 spiro atoms. The molecule has 0 bridgehead atoms. The summed E-state index contributed by atoms with van der Waals surface area (Å²) in [5, 5.41) is 44.1. The van der Waals surface area contributed by atoms with Crippen LogP contribution < -0.4 is 37.6 Å². The van der Waals surface area contributed by atoms with Crippen molar-refractivity contribution in [3.63, 3.8) is 0 Å². The summed E-state index contributed by atoms with van der Waals surface area (Å²) in [4.78, 5) is 130. The Morgan fingerprint density at radius 2 is 1.29 bits per heavy atom. The van der Waals surface area contributed by atoms with Crippen molar-refractivity contribution in [3.05, 3.63) is 18.2 Å². The first-order valence-electron chi connectivity index (χ1n) is 24.7. The first-order chi connectivity index (χ1) is 34.7. The molecule has 73 heavy (non-hydrogen) atoms. The average molecular weight is 1040 g/mol. The van der Waals surface area contributed by atoms with Crippen molar-refractivity contribution in [1.29, 1.82) is 0 Å². The van der Waals surface area contributed by atoms with E-state index in [9.17, 15) is 63.3 Å². The van der Waals surface area contributed by atoms with Crippen molar-refractivity contribution in [2.75, 3.05) is 72.5 Å². The maximum Gasteiger partial charge on any atom is 0.326 e. The van der Waals surface area contributed by atoms with Crippen LogP contribution in [-0.4, -0.2) is 181 Å². The highest BCUT2D eigenvalue weighted by atomic mass is 16.5. The summed E-state index contributed by atoms with van der Waals surface area (Å²) < 4.78 is 21.3. The van der Waals surface area contributed by atoms with Crippen molar-refractivity contribution < 1.29 is 82.2 Å². The number of nitrogens with zero attached hydrogens (tertiary/aromatic N) is 1. The topological polar surface area (TPSA) is 395 Å². The number of carboxylic acid groups (broad SMARTS) is 3. The molecular weight excluding hydrogens is 963 g/mol. The fourth-order valence-electron chi connectivity index (χ4n) is 7.37. The maximum absolute atomic E-state index is 13.3. The number of rotatable bonds is 40. The molecule has 1 aromatic rings. The highest BCUT2D eigenvalue weighted by molar-refractivity contribution is 5.96. The minimum absolute atomic E-state index is 0.0356. The molecule has 0 unspecified atom stereocenters. The number of nitrogens with one attached hydrogen (secondary N) is 7. The van der Waals surface area contributed by atoms with Crippen LogP contribution in [0.4, 0.5) is 0 Å². The Hall–Kier alpha value is -6.09. The van der Waals surface area contributed by atoms with E-state index in [-0.39, 0.29) is 128 Å². The van der Waals surface area contributed by atoms with E-state index in [1.165, 1.54) is 26.4 Å². The van der Waals surface area contributed by atoms with Crippen LogP contribution in [0.3, 0.4) is 0 Å². The zero-order chi connectivity index (χ0) is 54.2. The molecule has 1 aliphatic rings. The number of ketones is 1. The van der Waals surface area contributed by atoms with Crippen LogP contribution in [0.15, 0.2) is 12.5 Å². The number of imidazole rings is 1. The summed E-state index contributed by atoms with van der Waals surface area (Å²) >= 11 is 0. The molecule has 2 rings (SSSR count). The van der Waals surface area contributed by atoms with E-state index in [0.717, 1.165) is 25.7 Å². The lowest BCUT2D eigenvalue weighted by atomic mass is 9.82. The van der Waals surface area contributed by atoms with Gasteiger partial charge in [0.05, 0.1) is 64.0 Å². The molecule has 1 heterocycles. The monoisotopic (exact) mass is 1040 g/mol. The summed E-state index contributed by atoms with van der Waals surface area (Å²) in [6.07, 6.45) is 5.65. The summed E-state index contributed by atoms with van der Waals surface area (Å²) in [6, 6.07) is -3.53. The first-order valence-corrected chi connectivity index (χ1v) is 24.7. The summed E-state index contributed by atoms with van der Waals surface area (Å²) in [5.41, 5.74) is 4.99. The van der Waals surface area contributed by atoms with E-state index in [0.29, 0.717) is 24.5 Å². The maximum atomic E-state index is 13.3. The van der Waals surface area contributed by atoms with Crippen LogP contribution in [0.1, 0.15) is 104 Å². The van der Waals surface area contributed by atoms with Gasteiger partial charge in [-0.3, -0.25) is 43.2 Å². The highest BCUT2D eigenvalue weighted by Crippen LogP contribution is 2.28. The number of nitrogens with two attached hydrogens (primary N) is 1. The van der Waals surface area contributed by atoms with Crippen molar-refractivity contribution in [2.24, 2.45) is 23.5 Å². The third kappa shape index (κ3) is 28.1. The fourth-order valence-corrected chi connectivity index (χ4v) is 7.37. The second kappa shape index (κ2) is 35.1. The number of amides is 6. The zero-order valence-electron chi connectivity index (χ0n) is 42.2. The molecule has 4 atom stereocenters. The molecule has 6 amide bonds. The van der Waals surface area contributed by atoms with E-state index >= 15 is 0 Å². The molecule has 412 valence electrons. The SMILES string of the molecule is CC1CCC(C(=O)N[C@@H](CCC(=O)NCCOCCOCC(=O)NCCOCCOCC(=O)NCCCC[C@H](CC(=O)[C@H](CCC(=O)O)NC(=O)C(C)(C)NC(=O)[C@@H](N)Cc2cnc[nH]2)C(=O)O)C(=O)O)CC1. The molecular formula is C47H77N9O17. The molecule has 12 N–H and O–H groups in total. The van der Waals surface area contributed by atoms with Gasteiger partial charge < -0.3 is 76.9 Å². The molecule has 0 saturated heterocycles. The van der Waals surface area contributed by atoms with Gasteiger partial charge in [-0.15, -0.1) is 0 Å². The number of aliphatic carboxylic acids is 3. The van der Waals surface area contributed by atoms with E-state index in [1.807, 2.05) is 0 Å². The van der Waals surface area contributed by atoms with Gasteiger partial charge in [-0.1, -0.05) is 13.3 Å². The van der Waals surface area contributed by atoms with Crippen molar-refractivity contribution in [3.8, 4) is 0 Å². The summed E-state index contributed by atoms with van der Waals surface area (Å²) in [7, 11) is 0. The van der Waals surface area contributed by atoms with Crippen molar-refractivity contribution in [2.45, 2.75) is 128 Å². The van der Waals surface area contributed by atoms with Crippen LogP contribution in [0.25, 0.3) is 0 Å². The number of aromatic nitrogens is 2. The number of carbonyl (C=O) groups excluding carboxylic acids is 7. The van der Waals surface area contributed by atoms with E-state index in [4.69, 9.17) is 24.7 Å². The minimum atomic E-state index is -1.58. The minimum Gasteiger partial charge on any atom is -0.481 e. The summed E-state index contributed by atoms with van der Waals surface area (Å²) in [5.74, 6) is -8.10. The number of aromatic amines is 1. The van der Waals surface area contributed by atoms with Crippen LogP contribution in [0.5, 0.6) is 0 Å². The second-order valence-corrected chi connectivity index (χ2v) is 18.4. The predicted octanol–water partition coefficient (Wildman–Crippen LogP) is -1.05. The van der Waals surface area contributed by atoms with Gasteiger partial charge in [0.15, 0.2) is 5.78 Å². The predicted molar refractivity (Wildman–Crippen MR) is 258 cm³/mol. The molecule has 1 fully saturated rings. The van der Waals surface area contributed by atoms with Gasteiger partial charge in [0.25, 0.3) is 0 Å². The van der Waals surface area contributed by atoms with Gasteiger partial charge in [0, 0.05) is 63.1 Å². The van der Waals surface area contributed by atoms with Crippen LogP contribution in [-0.2, 0) is 73.3 Å². The smallest absolute Gasteiger partial charge is 0.326 e. The fraction of sp³-hybridized carbons (Fsp3) is 0.723. The Labute approximate surface area is 424 Å². The van der Waals surface area contributed by atoms with E-state index in [2.05, 4.69) is 48.8 Å². The molecule has 26 heteroatoms. The summed E-state index contributed by atoms with van der Waals surface area (Å²) in [6.45, 7) is 5.83. The Kier molecular flexibility index (Phi) is 30.3. The highest BCUT2D eigenvalue weighted by Gasteiger charge is 2.35. The second-order valence-electron chi connectivity index (χ2n) is 18.4. The van der Waals surface area contributed by atoms with Gasteiger partial charge in [-0.2, -0.15) is 0 Å². The number of Topliss-reactive ketones (excluding diaryl/α,β-unsaturated/α-hetero) is 1. The van der Waals surface area contributed by atoms with E-state index in [1.54, 1.807) is 0 Å². The van der Waals surface area contributed by atoms with Gasteiger partial charge in [0.1, 0.15) is 24.8 Å². The lowest BCUT2D eigenvalue weighted by Crippen LogP contribution is -2.60. The number of H-pyrrole nitrogens is 1. The number of hydrogen-bond donors (Lipinski definition) is 11. The Bertz CT molecular complexity index is 1910. The van der Waals surface area contributed by atoms with E-state index < -0.39 is 83.8 Å². The number of unbranched alkanes of at least 4 members (excludes halogenated alkanes) is 1. The average Bonchev–Trinajstić information content (AvgIpc) is 3.85. The lowest BCUT2D eigenvalue weighted by Gasteiger charge is -2.29. The van der Waals surface area contributed by atoms with Gasteiger partial charge >= 0.3 is 17.9 Å². The van der Waals surface area contributed by atoms with Gasteiger partial charge in [-0.05, 0) is 71.1 Å². The van der Waals surface area contributed by atoms with Gasteiger partial charge in [-0.25, -0.2) is 9.78 Å². The third-order valence-electron chi connectivity index (χ3n) is 11.8. The van der Waals surface area contributed by atoms with Crippen molar-refractivity contribution >= 4 is 59.1 Å². The first kappa shape index (κ1) is 63.0. The zero-order valence-corrected chi connectivity index (χ0v) is 42.2. The molecule has 1 saturated carbocycles. The molecule has 0 aliphatic heterocycles. The Morgan fingerprint density at radius 1 is 0.712 bits per heavy atom. The lowest BCUT2D eigenvalue weighted by molar-refractivity contribution is -0.145. The number of ether oxygens (including phenoxy) is 4. The van der Waals surface area contributed by atoms with Crippen LogP contribution in [0.2, 0.25) is 0 Å². The quantitative estimate of drug-likeness (QED) is 0.0349. The molecule has 1 aromatic heterocycles. The van der Waals surface area contributed by atoms with Gasteiger partial charge in [0.2, 0.25) is 35.4 Å². The van der Waals surface area contributed by atoms with Crippen LogP contribution in [0, 0.1) is 17.8 Å².